The van der Waals surface area contributed by atoms with Crippen molar-refractivity contribution in [1.29, 1.82) is 0 Å². The van der Waals surface area contributed by atoms with Crippen molar-refractivity contribution in [3.05, 3.63) is 11.7 Å². The first-order valence-electron chi connectivity index (χ1n) is 6.26. The molecule has 1 aromatic rings. The maximum absolute atomic E-state index is 9.68. The number of nitrogens with zero attached hydrogens (tertiary/aromatic N) is 2. The van der Waals surface area contributed by atoms with Gasteiger partial charge in [-0.3, -0.25) is 0 Å². The highest BCUT2D eigenvalue weighted by atomic mass is 16.5. The Morgan fingerprint density at radius 3 is 2.82 bits per heavy atom. The molecular weight excluding hydrogens is 220 g/mol. The highest BCUT2D eigenvalue weighted by molar-refractivity contribution is 5.06. The normalized spacial score (nSPS) is 19.9. The fourth-order valence-corrected chi connectivity index (χ4v) is 2.18. The summed E-state index contributed by atoms with van der Waals surface area (Å²) in [6.07, 6.45) is 4.77. The first-order valence-corrected chi connectivity index (χ1v) is 6.26. The van der Waals surface area contributed by atoms with Gasteiger partial charge in [0.15, 0.2) is 0 Å². The third kappa shape index (κ3) is 2.50. The summed E-state index contributed by atoms with van der Waals surface area (Å²) in [4.78, 5) is 4.33. The van der Waals surface area contributed by atoms with Crippen LogP contribution in [-0.4, -0.2) is 28.5 Å². The number of hydrogen-bond donors (Lipinski definition) is 1. The lowest BCUT2D eigenvalue weighted by Crippen LogP contribution is -2.37. The molecule has 0 aromatic carbocycles. The first kappa shape index (κ1) is 12.5. The zero-order valence-electron chi connectivity index (χ0n) is 10.5. The Balaban J connectivity index is 2.00. The van der Waals surface area contributed by atoms with Crippen LogP contribution >= 0.6 is 0 Å². The van der Waals surface area contributed by atoms with Crippen LogP contribution in [0.3, 0.4) is 0 Å². The maximum atomic E-state index is 9.68. The van der Waals surface area contributed by atoms with Gasteiger partial charge < -0.3 is 14.4 Å². The van der Waals surface area contributed by atoms with Gasteiger partial charge in [-0.25, -0.2) is 0 Å². The Morgan fingerprint density at radius 2 is 2.29 bits per heavy atom. The van der Waals surface area contributed by atoms with Gasteiger partial charge in [0, 0.05) is 7.11 Å². The van der Waals surface area contributed by atoms with E-state index in [0.717, 1.165) is 32.1 Å². The van der Waals surface area contributed by atoms with Crippen molar-refractivity contribution < 1.29 is 14.4 Å². The lowest BCUT2D eigenvalue weighted by atomic mass is 9.79. The Hall–Kier alpha value is -0.940. The average molecular weight is 240 g/mol. The van der Waals surface area contributed by atoms with Crippen molar-refractivity contribution in [2.45, 2.75) is 57.2 Å². The molecule has 1 heterocycles. The van der Waals surface area contributed by atoms with E-state index in [1.165, 1.54) is 0 Å². The van der Waals surface area contributed by atoms with E-state index in [-0.39, 0.29) is 5.60 Å². The lowest BCUT2D eigenvalue weighted by Gasteiger charge is -2.37. The molecule has 96 valence electrons. The molecule has 2 rings (SSSR count). The number of aromatic nitrogens is 2. The van der Waals surface area contributed by atoms with Crippen molar-refractivity contribution >= 4 is 0 Å². The topological polar surface area (TPSA) is 68.4 Å². The van der Waals surface area contributed by atoms with Gasteiger partial charge in [-0.05, 0) is 25.7 Å². The molecule has 0 bridgehead atoms. The minimum Gasteiger partial charge on any atom is -0.393 e. The van der Waals surface area contributed by atoms with Gasteiger partial charge in [-0.1, -0.05) is 18.5 Å². The zero-order chi connectivity index (χ0) is 12.3. The van der Waals surface area contributed by atoms with Crippen LogP contribution in [0.15, 0.2) is 4.52 Å². The van der Waals surface area contributed by atoms with E-state index < -0.39 is 6.10 Å². The molecule has 0 aliphatic heterocycles. The Labute approximate surface area is 101 Å². The molecule has 1 N–H and O–H groups in total. The van der Waals surface area contributed by atoms with Crippen LogP contribution < -0.4 is 0 Å². The van der Waals surface area contributed by atoms with E-state index in [1.54, 1.807) is 7.11 Å². The molecule has 0 saturated heterocycles. The fourth-order valence-electron chi connectivity index (χ4n) is 2.18. The second-order valence-electron chi connectivity index (χ2n) is 4.71. The van der Waals surface area contributed by atoms with Crippen LogP contribution in [0.4, 0.5) is 0 Å². The number of methoxy groups -OCH3 is 1. The van der Waals surface area contributed by atoms with E-state index in [9.17, 15) is 5.11 Å². The summed E-state index contributed by atoms with van der Waals surface area (Å²) in [5.74, 6) is 1.13. The van der Waals surface area contributed by atoms with Crippen LogP contribution in [0.5, 0.6) is 0 Å². The molecule has 0 radical (unpaired) electrons. The Kier molecular flexibility index (Phi) is 3.79. The molecule has 5 nitrogen and oxygen atoms in total. The molecule has 17 heavy (non-hydrogen) atoms. The molecular formula is C12H20N2O3. The van der Waals surface area contributed by atoms with Crippen molar-refractivity contribution in [2.75, 3.05) is 7.11 Å². The molecule has 1 fully saturated rings. The highest BCUT2D eigenvalue weighted by Crippen LogP contribution is 2.42. The van der Waals surface area contributed by atoms with Crippen LogP contribution in [0.25, 0.3) is 0 Å². The standard InChI is InChI=1S/C12H20N2O3/c1-3-5-9(15)8-10-13-11(14-17-10)12(16-2)6-4-7-12/h9,15H,3-8H2,1-2H3. The van der Waals surface area contributed by atoms with E-state index in [1.807, 2.05) is 6.92 Å². The Bertz CT molecular complexity index is 355. The van der Waals surface area contributed by atoms with Gasteiger partial charge in [-0.2, -0.15) is 4.98 Å². The molecule has 5 heteroatoms. The molecule has 1 aliphatic carbocycles. The SMILES string of the molecule is CCCC(O)Cc1nc(C2(OC)CCC2)no1. The van der Waals surface area contributed by atoms with E-state index in [0.29, 0.717) is 18.1 Å². The number of rotatable bonds is 6. The first-order chi connectivity index (χ1) is 8.20. The second kappa shape index (κ2) is 5.14. The van der Waals surface area contributed by atoms with E-state index in [2.05, 4.69) is 10.1 Å². The highest BCUT2D eigenvalue weighted by Gasteiger charge is 2.43. The second-order valence-corrected chi connectivity index (χ2v) is 4.71. The smallest absolute Gasteiger partial charge is 0.229 e. The van der Waals surface area contributed by atoms with Gasteiger partial charge in [0.2, 0.25) is 11.7 Å². The number of aliphatic hydroxyl groups excluding tert-OH is 1. The Morgan fingerprint density at radius 1 is 1.53 bits per heavy atom. The average Bonchev–Trinajstić information content (AvgIpc) is 2.66. The van der Waals surface area contributed by atoms with Crippen molar-refractivity contribution in [1.82, 2.24) is 10.1 Å². The van der Waals surface area contributed by atoms with Gasteiger partial charge in [0.1, 0.15) is 5.60 Å². The van der Waals surface area contributed by atoms with E-state index in [4.69, 9.17) is 9.26 Å². The summed E-state index contributed by atoms with van der Waals surface area (Å²) in [5.41, 5.74) is -0.336. The van der Waals surface area contributed by atoms with Gasteiger partial charge >= 0.3 is 0 Å². The third-order valence-corrected chi connectivity index (χ3v) is 3.46. The van der Waals surface area contributed by atoms with Crippen molar-refractivity contribution in [2.24, 2.45) is 0 Å². The largest absolute Gasteiger partial charge is 0.393 e. The van der Waals surface area contributed by atoms with Crippen LogP contribution in [-0.2, 0) is 16.8 Å². The van der Waals surface area contributed by atoms with Crippen molar-refractivity contribution in [3.8, 4) is 0 Å². The summed E-state index contributed by atoms with van der Waals surface area (Å²) >= 11 is 0. The summed E-state index contributed by atoms with van der Waals surface area (Å²) in [5, 5.41) is 13.7. The molecule has 1 saturated carbocycles. The number of ether oxygens (including phenoxy) is 1. The summed E-state index contributed by atoms with van der Waals surface area (Å²) < 4.78 is 10.6. The van der Waals surface area contributed by atoms with E-state index >= 15 is 0 Å². The molecule has 1 atom stereocenters. The predicted molar refractivity (Wildman–Crippen MR) is 61.5 cm³/mol. The monoisotopic (exact) mass is 240 g/mol. The lowest BCUT2D eigenvalue weighted by molar-refractivity contribution is -0.0858. The minimum absolute atomic E-state index is 0.336. The van der Waals surface area contributed by atoms with Gasteiger partial charge in [0.05, 0.1) is 12.5 Å². The molecule has 1 unspecified atom stereocenters. The third-order valence-electron chi connectivity index (χ3n) is 3.46. The van der Waals surface area contributed by atoms with Gasteiger partial charge in [0.25, 0.3) is 0 Å². The zero-order valence-corrected chi connectivity index (χ0v) is 10.5. The predicted octanol–water partition coefficient (Wildman–Crippen LogP) is 1.80. The molecule has 0 spiro atoms. The fraction of sp³-hybridized carbons (Fsp3) is 0.833. The summed E-state index contributed by atoms with van der Waals surface area (Å²) in [6.45, 7) is 2.04. The van der Waals surface area contributed by atoms with Gasteiger partial charge in [-0.15, -0.1) is 0 Å². The molecule has 0 amide bonds. The minimum atomic E-state index is -0.395. The van der Waals surface area contributed by atoms with Crippen LogP contribution in [0, 0.1) is 0 Å². The summed E-state index contributed by atoms with van der Waals surface area (Å²) in [6, 6.07) is 0. The quantitative estimate of drug-likeness (QED) is 0.821. The van der Waals surface area contributed by atoms with Crippen LogP contribution in [0.2, 0.25) is 0 Å². The van der Waals surface area contributed by atoms with Crippen LogP contribution in [0.1, 0.15) is 50.7 Å². The summed E-state index contributed by atoms with van der Waals surface area (Å²) in [7, 11) is 1.68. The molecule has 1 aromatic heterocycles. The van der Waals surface area contributed by atoms with Crippen molar-refractivity contribution in [3.63, 3.8) is 0 Å². The molecule has 1 aliphatic rings. The maximum Gasteiger partial charge on any atom is 0.229 e. The number of hydrogen-bond acceptors (Lipinski definition) is 5. The number of aliphatic hydroxyl groups is 1.